The van der Waals surface area contributed by atoms with E-state index in [0.717, 1.165) is 0 Å². The summed E-state index contributed by atoms with van der Waals surface area (Å²) in [5.74, 6) is 0. The van der Waals surface area contributed by atoms with E-state index >= 15 is 0 Å². The minimum Gasteiger partial charge on any atom is -0.264 e. The SMILES string of the molecule is O=S(=O)(O)O.O=S(=O)(O)O.OO.[Cu].[Cu]. The van der Waals surface area contributed by atoms with Gasteiger partial charge >= 0.3 is 20.8 Å². The van der Waals surface area contributed by atoms with Crippen LogP contribution in [0.2, 0.25) is 0 Å². The van der Waals surface area contributed by atoms with Gasteiger partial charge in [-0.2, -0.15) is 16.8 Å². The van der Waals surface area contributed by atoms with E-state index in [2.05, 4.69) is 0 Å². The molecule has 14 heteroatoms. The summed E-state index contributed by atoms with van der Waals surface area (Å²) < 4.78 is 63.2. The normalized spacial score (nSPS) is 8.71. The maximum atomic E-state index is 8.74. The second-order valence-corrected chi connectivity index (χ2v) is 2.69. The van der Waals surface area contributed by atoms with Crippen LogP contribution in [-0.2, 0) is 54.9 Å². The quantitative estimate of drug-likeness (QED) is 0.132. The van der Waals surface area contributed by atoms with Crippen molar-refractivity contribution in [1.29, 1.82) is 0 Å². The Kier molecular flexibility index (Phi) is 28.7. The molecular weight excluding hydrogens is 351 g/mol. The summed E-state index contributed by atoms with van der Waals surface area (Å²) in [5, 5.41) is 12.0. The van der Waals surface area contributed by atoms with Gasteiger partial charge in [0.2, 0.25) is 0 Å². The molecule has 0 saturated carbocycles. The number of rotatable bonds is 0. The molecule has 0 unspecified atom stereocenters. The first-order chi connectivity index (χ1) is 5.00. The summed E-state index contributed by atoms with van der Waals surface area (Å²) in [6, 6.07) is 0. The first-order valence-corrected chi connectivity index (χ1v) is 4.39. The zero-order chi connectivity index (χ0) is 11.0. The van der Waals surface area contributed by atoms with Gasteiger partial charge in [-0.15, -0.1) is 0 Å². The molecule has 0 aromatic heterocycles. The first-order valence-electron chi connectivity index (χ1n) is 1.60. The minimum atomic E-state index is -4.67. The van der Waals surface area contributed by atoms with Gasteiger partial charge in [0.15, 0.2) is 0 Å². The molecule has 0 fully saturated rings. The molecule has 6 N–H and O–H groups in total. The Morgan fingerprint density at radius 1 is 0.571 bits per heavy atom. The molecule has 14 heavy (non-hydrogen) atoms. The van der Waals surface area contributed by atoms with Gasteiger partial charge < -0.3 is 0 Å². The standard InChI is InChI=1S/2Cu.2H2O4S.H2O2/c;;2*1-5(2,3)4;1-2/h;;2*(H2,1,2,3,4);1-2H. The van der Waals surface area contributed by atoms with Gasteiger partial charge in [-0.1, -0.05) is 0 Å². The zero-order valence-corrected chi connectivity index (χ0v) is 9.25. The molecule has 0 aliphatic carbocycles. The van der Waals surface area contributed by atoms with Crippen LogP contribution in [0.1, 0.15) is 0 Å². The van der Waals surface area contributed by atoms with E-state index in [1.807, 2.05) is 0 Å². The summed E-state index contributed by atoms with van der Waals surface area (Å²) in [7, 11) is -9.33. The molecule has 0 aliphatic heterocycles. The molecule has 0 rings (SSSR count). The largest absolute Gasteiger partial charge is 0.394 e. The number of hydrogen-bond donors (Lipinski definition) is 6. The van der Waals surface area contributed by atoms with Crippen molar-refractivity contribution in [3.05, 3.63) is 0 Å². The van der Waals surface area contributed by atoms with Crippen molar-refractivity contribution in [2.75, 3.05) is 0 Å². The zero-order valence-electron chi connectivity index (χ0n) is 5.74. The molecule has 0 heterocycles. The molecule has 0 spiro atoms. The molecular formula is H6Cu2O10S2. The van der Waals surface area contributed by atoms with Crippen molar-refractivity contribution >= 4 is 20.8 Å². The van der Waals surface area contributed by atoms with Gasteiger partial charge in [-0.25, -0.2) is 0 Å². The average molecular weight is 357 g/mol. The van der Waals surface area contributed by atoms with Crippen molar-refractivity contribution in [2.24, 2.45) is 0 Å². The van der Waals surface area contributed by atoms with Crippen LogP contribution in [0.15, 0.2) is 0 Å². The molecule has 0 aromatic carbocycles. The van der Waals surface area contributed by atoms with Gasteiger partial charge in [0.25, 0.3) is 0 Å². The molecule has 100 valence electrons. The summed E-state index contributed by atoms with van der Waals surface area (Å²) in [6.45, 7) is 0. The Bertz CT molecular complexity index is 212. The third-order valence-electron chi connectivity index (χ3n) is 0. The van der Waals surface area contributed by atoms with Crippen molar-refractivity contribution < 1.29 is 79.7 Å². The summed E-state index contributed by atoms with van der Waals surface area (Å²) in [4.78, 5) is 0. The van der Waals surface area contributed by atoms with Crippen molar-refractivity contribution in [1.82, 2.24) is 0 Å². The van der Waals surface area contributed by atoms with E-state index in [9.17, 15) is 0 Å². The molecule has 0 atom stereocenters. The molecule has 0 aliphatic rings. The van der Waals surface area contributed by atoms with Gasteiger partial charge in [0.05, 0.1) is 0 Å². The summed E-state index contributed by atoms with van der Waals surface area (Å²) >= 11 is 0. The van der Waals surface area contributed by atoms with Gasteiger partial charge in [-0.3, -0.25) is 28.7 Å². The molecule has 0 amide bonds. The average Bonchev–Trinajstić information content (AvgIpc) is 1.59. The Morgan fingerprint density at radius 3 is 0.571 bits per heavy atom. The molecule has 2 radical (unpaired) electrons. The maximum absolute atomic E-state index is 8.74. The topological polar surface area (TPSA) is 190 Å². The second-order valence-electron chi connectivity index (χ2n) is 0.896. The molecule has 0 bridgehead atoms. The van der Waals surface area contributed by atoms with Crippen LogP contribution in [0.5, 0.6) is 0 Å². The van der Waals surface area contributed by atoms with Crippen molar-refractivity contribution in [3.63, 3.8) is 0 Å². The van der Waals surface area contributed by atoms with E-state index < -0.39 is 20.8 Å². The fourth-order valence-corrected chi connectivity index (χ4v) is 0. The van der Waals surface area contributed by atoms with Crippen molar-refractivity contribution in [2.45, 2.75) is 0 Å². The monoisotopic (exact) mass is 356 g/mol. The second kappa shape index (κ2) is 13.7. The predicted molar refractivity (Wildman–Crippen MR) is 33.6 cm³/mol. The molecule has 0 saturated heterocycles. The van der Waals surface area contributed by atoms with Crippen LogP contribution in [0.25, 0.3) is 0 Å². The summed E-state index contributed by atoms with van der Waals surface area (Å²) in [5.41, 5.74) is 0. The van der Waals surface area contributed by atoms with Crippen molar-refractivity contribution in [3.8, 4) is 0 Å². The van der Waals surface area contributed by atoms with Crippen LogP contribution in [0.4, 0.5) is 0 Å². The van der Waals surface area contributed by atoms with E-state index in [0.29, 0.717) is 0 Å². The maximum Gasteiger partial charge on any atom is 0.394 e. The first kappa shape index (κ1) is 29.3. The van der Waals surface area contributed by atoms with Gasteiger partial charge in [0.1, 0.15) is 0 Å². The van der Waals surface area contributed by atoms with E-state index in [4.69, 9.17) is 45.6 Å². The third-order valence-corrected chi connectivity index (χ3v) is 0. The van der Waals surface area contributed by atoms with E-state index in [1.54, 1.807) is 0 Å². The van der Waals surface area contributed by atoms with Crippen LogP contribution in [0, 0.1) is 0 Å². The Morgan fingerprint density at radius 2 is 0.571 bits per heavy atom. The van der Waals surface area contributed by atoms with Crippen LogP contribution in [0.3, 0.4) is 0 Å². The minimum absolute atomic E-state index is 0. The van der Waals surface area contributed by atoms with E-state index in [1.165, 1.54) is 0 Å². The fraction of sp³-hybridized carbons (Fsp3) is 0. The smallest absolute Gasteiger partial charge is 0.264 e. The van der Waals surface area contributed by atoms with Crippen LogP contribution < -0.4 is 0 Å². The van der Waals surface area contributed by atoms with Gasteiger partial charge in [-0.05, 0) is 0 Å². The van der Waals surface area contributed by atoms with E-state index in [-0.39, 0.29) is 34.1 Å². The van der Waals surface area contributed by atoms with Gasteiger partial charge in [0, 0.05) is 34.1 Å². The third kappa shape index (κ3) is 3560. The fourth-order valence-electron chi connectivity index (χ4n) is 0. The van der Waals surface area contributed by atoms with Crippen LogP contribution in [-0.4, -0.2) is 45.6 Å². The molecule has 10 nitrogen and oxygen atoms in total. The Labute approximate surface area is 100 Å². The molecule has 0 aromatic rings. The Hall–Kier alpha value is 0.699. The number of hydrogen-bond acceptors (Lipinski definition) is 6. The Balaban J connectivity index is -0.0000000292. The summed E-state index contributed by atoms with van der Waals surface area (Å²) in [6.07, 6.45) is 0. The predicted octanol–water partition coefficient (Wildman–Crippen LogP) is -1.29. The van der Waals surface area contributed by atoms with Crippen LogP contribution >= 0.6 is 0 Å².